The van der Waals surface area contributed by atoms with Gasteiger partial charge in [0.2, 0.25) is 0 Å². The summed E-state index contributed by atoms with van der Waals surface area (Å²) in [6, 6.07) is 4.31. The van der Waals surface area contributed by atoms with Gasteiger partial charge in [-0.15, -0.1) is 0 Å². The second-order valence-corrected chi connectivity index (χ2v) is 6.93. The molecule has 0 saturated carbocycles. The van der Waals surface area contributed by atoms with Crippen molar-refractivity contribution in [2.45, 2.75) is 32.9 Å². The van der Waals surface area contributed by atoms with Crippen molar-refractivity contribution in [3.63, 3.8) is 0 Å². The second kappa shape index (κ2) is 7.98. The smallest absolute Gasteiger partial charge is 0.434 e. The highest BCUT2D eigenvalue weighted by Crippen LogP contribution is 2.45. The molecule has 2 unspecified atom stereocenters. The topological polar surface area (TPSA) is 92.7 Å². The van der Waals surface area contributed by atoms with Crippen LogP contribution in [0, 0.1) is 30.0 Å². The number of fused-ring (bicyclic) bond motifs is 1. The molecule has 0 amide bonds. The molecule has 0 bridgehead atoms. The van der Waals surface area contributed by atoms with Crippen molar-refractivity contribution < 1.29 is 31.5 Å². The Morgan fingerprint density at radius 1 is 1.29 bits per heavy atom. The first-order valence-electron chi connectivity index (χ1n) is 9.16. The lowest BCUT2D eigenvalue weighted by atomic mass is 9.75. The Morgan fingerprint density at radius 2 is 1.97 bits per heavy atom. The normalized spacial score (nSPS) is 19.2. The predicted molar refractivity (Wildman–Crippen MR) is 102 cm³/mol. The maximum Gasteiger partial charge on any atom is 0.434 e. The first kappa shape index (κ1) is 22.2. The van der Waals surface area contributed by atoms with E-state index >= 15 is 0 Å². The van der Waals surface area contributed by atoms with Gasteiger partial charge < -0.3 is 9.15 Å². The van der Waals surface area contributed by atoms with Gasteiger partial charge in [0, 0.05) is 23.3 Å². The van der Waals surface area contributed by atoms with Crippen LogP contribution < -0.4 is 5.43 Å². The van der Waals surface area contributed by atoms with E-state index in [4.69, 9.17) is 9.15 Å². The third-order valence-corrected chi connectivity index (χ3v) is 4.85. The minimum absolute atomic E-state index is 0.0782. The van der Waals surface area contributed by atoms with Crippen molar-refractivity contribution >= 4 is 22.7 Å². The summed E-state index contributed by atoms with van der Waals surface area (Å²) >= 11 is 0. The number of benzene rings is 1. The monoisotopic (exact) mass is 436 g/mol. The van der Waals surface area contributed by atoms with Gasteiger partial charge in [-0.1, -0.05) is 0 Å². The van der Waals surface area contributed by atoms with Gasteiger partial charge in [0.1, 0.15) is 23.1 Å². The molecular formula is C21H16F4N2O4. The minimum atomic E-state index is -5.01. The number of carbonyl (C=O) groups is 1. The van der Waals surface area contributed by atoms with Crippen LogP contribution in [0.25, 0.3) is 11.0 Å². The fraction of sp³-hybridized carbons (Fsp3) is 0.333. The maximum absolute atomic E-state index is 14.4. The number of hydrogen-bond acceptors (Lipinski definition) is 6. The number of carbonyl (C=O) groups excluding carboxylic acids is 1. The average Bonchev–Trinajstić information content (AvgIpc) is 2.66. The zero-order valence-corrected chi connectivity index (χ0v) is 16.6. The zero-order valence-electron chi connectivity index (χ0n) is 16.6. The van der Waals surface area contributed by atoms with E-state index in [9.17, 15) is 32.4 Å². The summed E-state index contributed by atoms with van der Waals surface area (Å²) in [6.45, 7) is 4.06. The number of alkyl halides is 3. The molecule has 0 radical (unpaired) electrons. The van der Waals surface area contributed by atoms with Gasteiger partial charge in [0.25, 0.3) is 0 Å². The molecule has 31 heavy (non-hydrogen) atoms. The Bertz CT molecular complexity index is 1230. The summed E-state index contributed by atoms with van der Waals surface area (Å²) in [5, 5.41) is 9.38. The molecule has 0 spiro atoms. The van der Waals surface area contributed by atoms with Crippen LogP contribution in [0.2, 0.25) is 0 Å². The van der Waals surface area contributed by atoms with Crippen LogP contribution in [-0.2, 0) is 9.53 Å². The molecule has 0 saturated heterocycles. The standard InChI is InChI=1S/C21H16F4N2O4/c1-4-30-20(29)16-10(3)27-19(21(23,24)25)14(8-26)17(16)13-7-11(22)6-12-15(28)5-9(2)31-18(12)13/h5-7,16-17H,4H2,1-3H3. The molecular weight excluding hydrogens is 420 g/mol. The molecule has 162 valence electrons. The molecule has 0 aliphatic carbocycles. The van der Waals surface area contributed by atoms with E-state index in [0.717, 1.165) is 18.2 Å². The maximum atomic E-state index is 14.4. The van der Waals surface area contributed by atoms with Crippen molar-refractivity contribution in [1.82, 2.24) is 0 Å². The number of aryl methyl sites for hydroxylation is 1. The van der Waals surface area contributed by atoms with Gasteiger partial charge in [-0.05, 0) is 32.9 Å². The van der Waals surface area contributed by atoms with Gasteiger partial charge in [0.05, 0.1) is 23.6 Å². The number of hydrogen-bond donors (Lipinski definition) is 0. The summed E-state index contributed by atoms with van der Waals surface area (Å²) in [5.74, 6) is -4.82. The van der Waals surface area contributed by atoms with E-state index in [1.165, 1.54) is 26.8 Å². The van der Waals surface area contributed by atoms with E-state index in [2.05, 4.69) is 4.99 Å². The minimum Gasteiger partial charge on any atom is -0.465 e. The summed E-state index contributed by atoms with van der Waals surface area (Å²) in [5.41, 5.74) is -3.73. The molecule has 2 heterocycles. The lowest BCUT2D eigenvalue weighted by Crippen LogP contribution is -2.36. The van der Waals surface area contributed by atoms with E-state index in [-0.39, 0.29) is 34.6 Å². The van der Waals surface area contributed by atoms with E-state index < -0.39 is 46.5 Å². The van der Waals surface area contributed by atoms with E-state index in [0.29, 0.717) is 0 Å². The van der Waals surface area contributed by atoms with Gasteiger partial charge in [-0.2, -0.15) is 18.4 Å². The van der Waals surface area contributed by atoms with Crippen molar-refractivity contribution in [2.24, 2.45) is 10.9 Å². The lowest BCUT2D eigenvalue weighted by molar-refractivity contribution is -0.146. The van der Waals surface area contributed by atoms with Crippen molar-refractivity contribution in [2.75, 3.05) is 6.61 Å². The SMILES string of the molecule is CCOC(=O)C1C(C)=NC(C(F)(F)F)=C(C#N)C1c1cc(F)cc2c(=O)cc(C)oc12. The number of rotatable bonds is 3. The molecule has 1 aromatic carbocycles. The average molecular weight is 436 g/mol. The number of esters is 1. The molecule has 1 aromatic heterocycles. The van der Waals surface area contributed by atoms with Crippen LogP contribution >= 0.6 is 0 Å². The Kier molecular flexibility index (Phi) is 5.72. The Hall–Kier alpha value is -3.48. The quantitative estimate of drug-likeness (QED) is 0.528. The third kappa shape index (κ3) is 3.95. The molecule has 10 heteroatoms. The van der Waals surface area contributed by atoms with Crippen molar-refractivity contribution in [3.8, 4) is 6.07 Å². The molecule has 2 atom stereocenters. The Labute approximate surface area is 173 Å². The number of halogens is 4. The number of aliphatic imine (C=N–C) groups is 1. The fourth-order valence-electron chi connectivity index (χ4n) is 3.67. The highest BCUT2D eigenvalue weighted by Gasteiger charge is 2.48. The molecule has 0 N–H and O–H groups in total. The summed E-state index contributed by atoms with van der Waals surface area (Å²) < 4.78 is 65.9. The molecule has 1 aliphatic rings. The van der Waals surface area contributed by atoms with Gasteiger partial charge in [-0.3, -0.25) is 14.6 Å². The molecule has 6 nitrogen and oxygen atoms in total. The van der Waals surface area contributed by atoms with Gasteiger partial charge in [-0.25, -0.2) is 4.39 Å². The van der Waals surface area contributed by atoms with Crippen LogP contribution in [0.1, 0.15) is 31.1 Å². The predicted octanol–water partition coefficient (Wildman–Crippen LogP) is 4.32. The van der Waals surface area contributed by atoms with Crippen LogP contribution in [0.4, 0.5) is 17.6 Å². The van der Waals surface area contributed by atoms with Crippen LogP contribution in [0.5, 0.6) is 0 Å². The highest BCUT2D eigenvalue weighted by molar-refractivity contribution is 6.04. The molecule has 2 aromatic rings. The molecule has 0 fully saturated rings. The first-order chi connectivity index (χ1) is 14.5. The Balaban J connectivity index is 2.45. The summed E-state index contributed by atoms with van der Waals surface area (Å²) in [4.78, 5) is 28.5. The Morgan fingerprint density at radius 3 is 2.55 bits per heavy atom. The zero-order chi connectivity index (χ0) is 23.1. The van der Waals surface area contributed by atoms with Crippen molar-refractivity contribution in [1.29, 1.82) is 5.26 Å². The first-order valence-corrected chi connectivity index (χ1v) is 9.16. The largest absolute Gasteiger partial charge is 0.465 e. The number of ether oxygens (including phenoxy) is 1. The summed E-state index contributed by atoms with van der Waals surface area (Å²) in [6.07, 6.45) is -5.01. The van der Waals surface area contributed by atoms with Crippen molar-refractivity contribution in [3.05, 3.63) is 56.8 Å². The number of nitriles is 1. The molecule has 1 aliphatic heterocycles. The van der Waals surface area contributed by atoms with Crippen LogP contribution in [0.3, 0.4) is 0 Å². The summed E-state index contributed by atoms with van der Waals surface area (Å²) in [7, 11) is 0. The number of nitrogens with zero attached hydrogens (tertiary/aromatic N) is 2. The third-order valence-electron chi connectivity index (χ3n) is 4.85. The van der Waals surface area contributed by atoms with Gasteiger partial charge >= 0.3 is 12.1 Å². The number of allylic oxidation sites excluding steroid dienone is 2. The second-order valence-electron chi connectivity index (χ2n) is 6.93. The highest BCUT2D eigenvalue weighted by atomic mass is 19.4. The van der Waals surface area contributed by atoms with E-state index in [1.807, 2.05) is 0 Å². The van der Waals surface area contributed by atoms with E-state index in [1.54, 1.807) is 0 Å². The van der Waals surface area contributed by atoms with Crippen LogP contribution in [0.15, 0.2) is 43.7 Å². The lowest BCUT2D eigenvalue weighted by Gasteiger charge is -2.31. The molecule has 3 rings (SSSR count). The van der Waals surface area contributed by atoms with Crippen LogP contribution in [-0.4, -0.2) is 24.5 Å². The fourth-order valence-corrected chi connectivity index (χ4v) is 3.67. The van der Waals surface area contributed by atoms with Gasteiger partial charge in [0.15, 0.2) is 11.1 Å².